The van der Waals surface area contributed by atoms with E-state index in [2.05, 4.69) is 20.7 Å². The minimum Gasteiger partial charge on any atom is -0.444 e. The fraction of sp³-hybridized carbons (Fsp3) is 0.667. The van der Waals surface area contributed by atoms with Crippen LogP contribution in [-0.2, 0) is 9.53 Å². The molecule has 2 aromatic heterocycles. The van der Waals surface area contributed by atoms with Gasteiger partial charge in [-0.2, -0.15) is 18.3 Å². The number of fused-ring (bicyclic) bond motifs is 1. The molecule has 0 saturated heterocycles. The van der Waals surface area contributed by atoms with Crippen LogP contribution < -0.4 is 10.6 Å². The highest BCUT2D eigenvalue weighted by Crippen LogP contribution is 2.44. The smallest absolute Gasteiger partial charge is 0.408 e. The predicted octanol–water partition coefficient (Wildman–Crippen LogP) is 4.82. The van der Waals surface area contributed by atoms with Crippen LogP contribution in [0.3, 0.4) is 0 Å². The number of alkyl carbamates (subject to hydrolysis) is 1. The summed E-state index contributed by atoms with van der Waals surface area (Å²) in [5.41, 5.74) is -2.75. The Bertz CT molecular complexity index is 1170. The summed E-state index contributed by atoms with van der Waals surface area (Å²) >= 11 is 0. The van der Waals surface area contributed by atoms with E-state index < -0.39 is 59.7 Å². The van der Waals surface area contributed by atoms with Crippen molar-refractivity contribution in [2.45, 2.75) is 90.3 Å². The number of ether oxygens (including phenoxy) is 1. The van der Waals surface area contributed by atoms with Crippen molar-refractivity contribution in [3.8, 4) is 0 Å². The van der Waals surface area contributed by atoms with Gasteiger partial charge in [0.2, 0.25) is 11.8 Å². The summed E-state index contributed by atoms with van der Waals surface area (Å²) in [4.78, 5) is 28.8. The maximum atomic E-state index is 13.6. The molecule has 38 heavy (non-hydrogen) atoms. The second-order valence-electron chi connectivity index (χ2n) is 11.3. The predicted molar refractivity (Wildman–Crippen MR) is 125 cm³/mol. The fourth-order valence-electron chi connectivity index (χ4n) is 4.02. The van der Waals surface area contributed by atoms with E-state index >= 15 is 0 Å². The topological polar surface area (TPSA) is 118 Å². The molecule has 1 aliphatic carbocycles. The van der Waals surface area contributed by atoms with Crippen LogP contribution in [-0.4, -0.2) is 49.4 Å². The molecule has 0 spiro atoms. The maximum Gasteiger partial charge on any atom is 0.408 e. The van der Waals surface area contributed by atoms with Crippen LogP contribution in [0.15, 0.2) is 18.5 Å². The second-order valence-corrected chi connectivity index (χ2v) is 11.3. The number of nitrogens with zero attached hydrogens (tertiary/aromatic N) is 3. The summed E-state index contributed by atoms with van der Waals surface area (Å²) in [5.74, 6) is -3.84. The molecule has 0 bridgehead atoms. The van der Waals surface area contributed by atoms with Crippen molar-refractivity contribution in [2.24, 2.45) is 11.3 Å². The molecule has 1 aliphatic rings. The van der Waals surface area contributed by atoms with Crippen molar-refractivity contribution in [1.82, 2.24) is 25.2 Å². The van der Waals surface area contributed by atoms with Crippen molar-refractivity contribution >= 4 is 17.6 Å². The Morgan fingerprint density at radius 2 is 1.82 bits per heavy atom. The molecule has 0 aliphatic heterocycles. The Balaban J connectivity index is 1.79. The van der Waals surface area contributed by atoms with Gasteiger partial charge in [-0.25, -0.2) is 23.1 Å². The highest BCUT2D eigenvalue weighted by atomic mass is 19.4. The number of nitrogens with one attached hydrogen (secondary N) is 2. The molecule has 2 atom stereocenters. The van der Waals surface area contributed by atoms with Crippen LogP contribution in [0.25, 0.3) is 5.65 Å². The van der Waals surface area contributed by atoms with E-state index in [0.29, 0.717) is 0 Å². The third-order valence-corrected chi connectivity index (χ3v) is 6.15. The first-order chi connectivity index (χ1) is 17.2. The van der Waals surface area contributed by atoms with Crippen molar-refractivity contribution in [1.29, 1.82) is 0 Å². The highest BCUT2D eigenvalue weighted by molar-refractivity contribution is 5.76. The number of hydrogen-bond acceptors (Lipinski definition) is 6. The van der Waals surface area contributed by atoms with Crippen molar-refractivity contribution in [2.75, 3.05) is 0 Å². The summed E-state index contributed by atoms with van der Waals surface area (Å²) in [5, 5.41) is 19.2. The molecule has 2 amide bonds. The lowest BCUT2D eigenvalue weighted by molar-refractivity contribution is -0.215. The molecule has 3 N–H and O–H groups in total. The number of aromatic nitrogens is 3. The standard InChI is InChI=1S/C24H32F5N5O4/c1-21(2,3)38-20(37)32-15(10-22(4,5)24(27,28)29)16-12-34-17(31-16)7-14(11-30-34)19(36)33-18(35)6-13-8-23(25,26)9-13/h7,11-13,15,19,36H,6,8-10H2,1-5H3,(H,32,37)(H,33,35)/t15-,19+/m0/s1. The van der Waals surface area contributed by atoms with Gasteiger partial charge in [-0.3, -0.25) is 4.79 Å². The van der Waals surface area contributed by atoms with Gasteiger partial charge in [0, 0.05) is 24.8 Å². The van der Waals surface area contributed by atoms with Crippen LogP contribution in [0.1, 0.15) is 83.8 Å². The van der Waals surface area contributed by atoms with Crippen molar-refractivity contribution in [3.63, 3.8) is 0 Å². The highest BCUT2D eigenvalue weighted by Gasteiger charge is 2.49. The van der Waals surface area contributed by atoms with Crippen LogP contribution in [0.2, 0.25) is 0 Å². The Hall–Kier alpha value is -3.03. The first kappa shape index (κ1) is 29.5. The van der Waals surface area contributed by atoms with E-state index in [4.69, 9.17) is 4.74 Å². The van der Waals surface area contributed by atoms with Crippen LogP contribution in [0.5, 0.6) is 0 Å². The molecule has 2 aromatic rings. The quantitative estimate of drug-likeness (QED) is 0.321. The molecular formula is C24H32F5N5O4. The van der Waals surface area contributed by atoms with Gasteiger partial charge < -0.3 is 20.5 Å². The van der Waals surface area contributed by atoms with Gasteiger partial charge in [0.25, 0.3) is 0 Å². The van der Waals surface area contributed by atoms with Crippen molar-refractivity contribution < 1.29 is 41.4 Å². The molecule has 0 unspecified atom stereocenters. The molecule has 3 rings (SSSR count). The van der Waals surface area contributed by atoms with E-state index in [1.54, 1.807) is 20.8 Å². The molecule has 14 heteroatoms. The molecule has 1 saturated carbocycles. The average molecular weight is 550 g/mol. The van der Waals surface area contributed by atoms with Gasteiger partial charge in [0.1, 0.15) is 5.60 Å². The van der Waals surface area contributed by atoms with Gasteiger partial charge in [-0.1, -0.05) is 13.8 Å². The van der Waals surface area contributed by atoms with E-state index in [1.807, 2.05) is 0 Å². The normalized spacial score (nSPS) is 18.0. The summed E-state index contributed by atoms with van der Waals surface area (Å²) in [6.45, 7) is 6.86. The zero-order chi connectivity index (χ0) is 28.7. The lowest BCUT2D eigenvalue weighted by Gasteiger charge is -2.34. The largest absolute Gasteiger partial charge is 0.444 e. The zero-order valence-corrected chi connectivity index (χ0v) is 21.7. The summed E-state index contributed by atoms with van der Waals surface area (Å²) in [6.07, 6.45) is -5.92. The monoisotopic (exact) mass is 549 g/mol. The lowest BCUT2D eigenvalue weighted by Crippen LogP contribution is -2.40. The van der Waals surface area contributed by atoms with Gasteiger partial charge in [0.05, 0.1) is 29.5 Å². The summed E-state index contributed by atoms with van der Waals surface area (Å²) in [6, 6.07) is 0.162. The zero-order valence-electron chi connectivity index (χ0n) is 21.7. The number of carbonyl (C=O) groups excluding carboxylic acids is 2. The molecule has 0 radical (unpaired) electrons. The minimum atomic E-state index is -4.57. The van der Waals surface area contributed by atoms with Gasteiger partial charge >= 0.3 is 12.3 Å². The molecular weight excluding hydrogens is 517 g/mol. The van der Waals surface area contributed by atoms with E-state index in [9.17, 15) is 36.6 Å². The molecule has 2 heterocycles. The molecule has 212 valence electrons. The number of imidazole rings is 1. The molecule has 0 aromatic carbocycles. The minimum absolute atomic E-state index is 0.0715. The number of aliphatic hydroxyl groups is 1. The fourth-order valence-corrected chi connectivity index (χ4v) is 4.02. The number of halogens is 5. The first-order valence-corrected chi connectivity index (χ1v) is 12.0. The third-order valence-electron chi connectivity index (χ3n) is 6.15. The first-order valence-electron chi connectivity index (χ1n) is 12.0. The Labute approximate surface area is 216 Å². The van der Waals surface area contributed by atoms with Crippen LogP contribution >= 0.6 is 0 Å². The van der Waals surface area contributed by atoms with E-state index in [1.165, 1.54) is 23.0 Å². The second kappa shape index (κ2) is 10.3. The van der Waals surface area contributed by atoms with E-state index in [-0.39, 0.29) is 36.2 Å². The Kier molecular flexibility index (Phi) is 7.98. The SMILES string of the molecule is CC(C)(C)OC(=O)N[C@@H](CC(C)(C)C(F)(F)F)c1cn2ncc([C@@H](O)NC(=O)CC3CC(F)(F)C3)cc2n1. The number of aliphatic hydroxyl groups excluding tert-OH is 1. The third kappa shape index (κ3) is 7.51. The van der Waals surface area contributed by atoms with E-state index in [0.717, 1.165) is 13.8 Å². The Morgan fingerprint density at radius 3 is 2.37 bits per heavy atom. The summed E-state index contributed by atoms with van der Waals surface area (Å²) < 4.78 is 73.3. The molecule has 9 nitrogen and oxygen atoms in total. The number of rotatable bonds is 8. The number of hydrogen-bond donors (Lipinski definition) is 3. The van der Waals surface area contributed by atoms with Crippen molar-refractivity contribution in [3.05, 3.63) is 29.7 Å². The van der Waals surface area contributed by atoms with Crippen LogP contribution in [0, 0.1) is 11.3 Å². The number of carbonyl (C=O) groups is 2. The maximum absolute atomic E-state index is 13.6. The number of alkyl halides is 5. The van der Waals surface area contributed by atoms with Crippen LogP contribution in [0.4, 0.5) is 26.7 Å². The van der Waals surface area contributed by atoms with Gasteiger partial charge in [-0.15, -0.1) is 0 Å². The molecule has 1 fully saturated rings. The summed E-state index contributed by atoms with van der Waals surface area (Å²) in [7, 11) is 0. The van der Waals surface area contributed by atoms with Gasteiger partial charge in [-0.05, 0) is 39.2 Å². The Morgan fingerprint density at radius 1 is 1.18 bits per heavy atom. The number of amides is 2. The average Bonchev–Trinajstić information content (AvgIpc) is 3.12. The van der Waals surface area contributed by atoms with Gasteiger partial charge in [0.15, 0.2) is 11.9 Å². The lowest BCUT2D eigenvalue weighted by atomic mass is 9.79.